The number of amides is 2. The molecule has 2 amide bonds. The number of hydrogen-bond donors (Lipinski definition) is 1. The number of urea groups is 1. The van der Waals surface area contributed by atoms with Gasteiger partial charge in [0.2, 0.25) is 0 Å². The maximum atomic E-state index is 13.1. The second-order valence-corrected chi connectivity index (χ2v) is 7.28. The molecule has 0 unspecified atom stereocenters. The molecule has 0 radical (unpaired) electrons. The van der Waals surface area contributed by atoms with Crippen LogP contribution in [0.3, 0.4) is 0 Å². The van der Waals surface area contributed by atoms with Crippen LogP contribution in [0.2, 0.25) is 0 Å². The number of hydrogen-bond acceptors (Lipinski definition) is 2. The van der Waals surface area contributed by atoms with E-state index < -0.39 is 0 Å². The number of fused-ring (bicyclic) bond motifs is 1. The van der Waals surface area contributed by atoms with Crippen LogP contribution < -0.4 is 5.32 Å². The summed E-state index contributed by atoms with van der Waals surface area (Å²) in [5, 5.41) is 5.45. The Bertz CT molecular complexity index is 1090. The van der Waals surface area contributed by atoms with E-state index in [1.807, 2.05) is 59.5 Å². The van der Waals surface area contributed by atoms with Gasteiger partial charge in [0.1, 0.15) is 0 Å². The second-order valence-electron chi connectivity index (χ2n) is 7.28. The van der Waals surface area contributed by atoms with Gasteiger partial charge in [-0.15, -0.1) is 0 Å². The van der Waals surface area contributed by atoms with Crippen molar-refractivity contribution >= 4 is 16.8 Å². The van der Waals surface area contributed by atoms with Crippen molar-refractivity contribution in [3.05, 3.63) is 114 Å². The number of aromatic nitrogens is 1. The van der Waals surface area contributed by atoms with Gasteiger partial charge in [0, 0.05) is 19.3 Å². The summed E-state index contributed by atoms with van der Waals surface area (Å²) in [4.78, 5) is 19.3. The standard InChI is InChI=1S/C26H25N3O/c30-26(28-19-23-13-8-12-22-11-4-5-15-25(22)23)29(20-24-14-6-7-17-27-24)18-16-21-9-2-1-3-10-21/h1-15,17H,16,18-20H2,(H,28,30). The minimum atomic E-state index is -0.0791. The fraction of sp³-hybridized carbons (Fsp3) is 0.154. The number of pyridine rings is 1. The first-order chi connectivity index (χ1) is 14.8. The molecule has 4 nitrogen and oxygen atoms in total. The van der Waals surface area contributed by atoms with Gasteiger partial charge >= 0.3 is 6.03 Å². The van der Waals surface area contributed by atoms with Crippen molar-refractivity contribution in [2.45, 2.75) is 19.5 Å². The van der Waals surface area contributed by atoms with Crippen molar-refractivity contribution in [1.29, 1.82) is 0 Å². The third-order valence-corrected chi connectivity index (χ3v) is 5.19. The monoisotopic (exact) mass is 395 g/mol. The Kier molecular flexibility index (Phi) is 6.35. The minimum absolute atomic E-state index is 0.0791. The zero-order valence-corrected chi connectivity index (χ0v) is 16.9. The minimum Gasteiger partial charge on any atom is -0.334 e. The summed E-state index contributed by atoms with van der Waals surface area (Å²) >= 11 is 0. The van der Waals surface area contributed by atoms with Gasteiger partial charge in [0.05, 0.1) is 12.2 Å². The van der Waals surface area contributed by atoms with Gasteiger partial charge in [-0.25, -0.2) is 4.79 Å². The zero-order valence-electron chi connectivity index (χ0n) is 16.9. The van der Waals surface area contributed by atoms with E-state index in [1.165, 1.54) is 16.3 Å². The van der Waals surface area contributed by atoms with E-state index in [0.717, 1.165) is 17.7 Å². The van der Waals surface area contributed by atoms with Crippen molar-refractivity contribution in [2.24, 2.45) is 0 Å². The average Bonchev–Trinajstić information content (AvgIpc) is 2.81. The van der Waals surface area contributed by atoms with Gasteiger partial charge in [-0.3, -0.25) is 4.98 Å². The molecule has 0 saturated carbocycles. The third kappa shape index (κ3) is 5.03. The molecule has 0 bridgehead atoms. The Labute approximate surface area is 177 Å². The first-order valence-corrected chi connectivity index (χ1v) is 10.2. The summed E-state index contributed by atoms with van der Waals surface area (Å²) in [6, 6.07) is 30.4. The highest BCUT2D eigenvalue weighted by Crippen LogP contribution is 2.18. The van der Waals surface area contributed by atoms with Crippen LogP contribution in [0.25, 0.3) is 10.8 Å². The Morgan fingerprint density at radius 1 is 0.833 bits per heavy atom. The molecule has 0 spiro atoms. The maximum Gasteiger partial charge on any atom is 0.318 e. The quantitative estimate of drug-likeness (QED) is 0.468. The van der Waals surface area contributed by atoms with Crippen LogP contribution >= 0.6 is 0 Å². The van der Waals surface area contributed by atoms with E-state index >= 15 is 0 Å². The Morgan fingerprint density at radius 3 is 2.43 bits per heavy atom. The molecule has 0 aliphatic carbocycles. The highest BCUT2D eigenvalue weighted by Gasteiger charge is 2.15. The zero-order chi connectivity index (χ0) is 20.6. The predicted molar refractivity (Wildman–Crippen MR) is 121 cm³/mol. The molecule has 0 fully saturated rings. The van der Waals surface area contributed by atoms with Crippen LogP contribution in [0.5, 0.6) is 0 Å². The molecule has 4 aromatic rings. The Balaban J connectivity index is 1.46. The van der Waals surface area contributed by atoms with Crippen LogP contribution in [0.4, 0.5) is 4.79 Å². The number of benzene rings is 3. The molecule has 150 valence electrons. The van der Waals surface area contributed by atoms with Crippen LogP contribution in [0.15, 0.2) is 97.2 Å². The molecule has 0 aliphatic rings. The molecule has 4 rings (SSSR count). The number of nitrogens with one attached hydrogen (secondary N) is 1. The molecule has 0 saturated heterocycles. The second kappa shape index (κ2) is 9.70. The molecule has 1 aromatic heterocycles. The molecule has 0 aliphatic heterocycles. The Morgan fingerprint density at radius 2 is 1.60 bits per heavy atom. The number of rotatable bonds is 7. The first-order valence-electron chi connectivity index (χ1n) is 10.2. The molecule has 3 aromatic carbocycles. The number of nitrogens with zero attached hydrogens (tertiary/aromatic N) is 2. The summed E-state index contributed by atoms with van der Waals surface area (Å²) in [6.45, 7) is 1.60. The van der Waals surface area contributed by atoms with E-state index in [-0.39, 0.29) is 6.03 Å². The average molecular weight is 396 g/mol. The smallest absolute Gasteiger partial charge is 0.318 e. The SMILES string of the molecule is O=C(NCc1cccc2ccccc12)N(CCc1ccccc1)Cc1ccccn1. The summed E-state index contributed by atoms with van der Waals surface area (Å²) in [5.41, 5.74) is 3.21. The highest BCUT2D eigenvalue weighted by molar-refractivity contribution is 5.86. The molecule has 1 heterocycles. The topological polar surface area (TPSA) is 45.2 Å². The van der Waals surface area contributed by atoms with E-state index in [1.54, 1.807) is 6.20 Å². The van der Waals surface area contributed by atoms with Crippen LogP contribution in [0.1, 0.15) is 16.8 Å². The normalized spacial score (nSPS) is 10.7. The van der Waals surface area contributed by atoms with Crippen LogP contribution in [-0.2, 0) is 19.5 Å². The Hall–Kier alpha value is -3.66. The molecular weight excluding hydrogens is 370 g/mol. The summed E-state index contributed by atoms with van der Waals surface area (Å²) in [5.74, 6) is 0. The molecule has 1 N–H and O–H groups in total. The number of carbonyl (C=O) groups is 1. The number of carbonyl (C=O) groups excluding carboxylic acids is 1. The fourth-order valence-electron chi connectivity index (χ4n) is 3.58. The van der Waals surface area contributed by atoms with Gasteiger partial charge in [0.25, 0.3) is 0 Å². The van der Waals surface area contributed by atoms with Gasteiger partial charge in [-0.1, -0.05) is 78.9 Å². The molecule has 0 atom stereocenters. The molecule has 30 heavy (non-hydrogen) atoms. The fourth-order valence-corrected chi connectivity index (χ4v) is 3.58. The summed E-state index contributed by atoms with van der Waals surface area (Å²) in [6.07, 6.45) is 2.56. The van der Waals surface area contributed by atoms with E-state index in [4.69, 9.17) is 0 Å². The first kappa shape index (κ1) is 19.6. The lowest BCUT2D eigenvalue weighted by atomic mass is 10.0. The van der Waals surface area contributed by atoms with Gasteiger partial charge in [0.15, 0.2) is 0 Å². The van der Waals surface area contributed by atoms with Crippen molar-refractivity contribution in [1.82, 2.24) is 15.2 Å². The van der Waals surface area contributed by atoms with Crippen LogP contribution in [0, 0.1) is 0 Å². The van der Waals surface area contributed by atoms with Gasteiger partial charge in [-0.2, -0.15) is 0 Å². The molecule has 4 heteroatoms. The van der Waals surface area contributed by atoms with Crippen molar-refractivity contribution in [2.75, 3.05) is 6.54 Å². The largest absolute Gasteiger partial charge is 0.334 e. The van der Waals surface area contributed by atoms with Gasteiger partial charge < -0.3 is 10.2 Å². The summed E-state index contributed by atoms with van der Waals surface area (Å²) in [7, 11) is 0. The highest BCUT2D eigenvalue weighted by atomic mass is 16.2. The lowest BCUT2D eigenvalue weighted by Crippen LogP contribution is -2.40. The van der Waals surface area contributed by atoms with Crippen LogP contribution in [-0.4, -0.2) is 22.5 Å². The van der Waals surface area contributed by atoms with Crippen molar-refractivity contribution in [3.63, 3.8) is 0 Å². The predicted octanol–water partition coefficient (Wildman–Crippen LogP) is 5.19. The molecular formula is C26H25N3O. The van der Waals surface area contributed by atoms with E-state index in [2.05, 4.69) is 46.7 Å². The third-order valence-electron chi connectivity index (χ3n) is 5.19. The lowest BCUT2D eigenvalue weighted by molar-refractivity contribution is 0.194. The maximum absolute atomic E-state index is 13.1. The van der Waals surface area contributed by atoms with E-state index in [9.17, 15) is 4.79 Å². The van der Waals surface area contributed by atoms with Gasteiger partial charge in [-0.05, 0) is 40.5 Å². The van der Waals surface area contributed by atoms with E-state index in [0.29, 0.717) is 19.6 Å². The van der Waals surface area contributed by atoms with Crippen molar-refractivity contribution < 1.29 is 4.79 Å². The van der Waals surface area contributed by atoms with Crippen molar-refractivity contribution in [3.8, 4) is 0 Å². The lowest BCUT2D eigenvalue weighted by Gasteiger charge is -2.23. The summed E-state index contributed by atoms with van der Waals surface area (Å²) < 4.78 is 0.